The Morgan fingerprint density at radius 3 is 2.69 bits per heavy atom. The average molecular weight is 396 g/mol. The van der Waals surface area contributed by atoms with Gasteiger partial charge in [-0.05, 0) is 38.0 Å². The molecule has 2 aromatic heterocycles. The van der Waals surface area contributed by atoms with E-state index in [4.69, 9.17) is 9.72 Å². The molecule has 0 atom stereocenters. The zero-order valence-electron chi connectivity index (χ0n) is 16.6. The summed E-state index contributed by atoms with van der Waals surface area (Å²) in [5.41, 5.74) is 3.19. The summed E-state index contributed by atoms with van der Waals surface area (Å²) >= 11 is 0. The smallest absolute Gasteiger partial charge is 0.329 e. The lowest BCUT2D eigenvalue weighted by Crippen LogP contribution is -2.57. The highest BCUT2D eigenvalue weighted by atomic mass is 16.5. The number of fused-ring (bicyclic) bond motifs is 3. The quantitative estimate of drug-likeness (QED) is 0.685. The van der Waals surface area contributed by atoms with Crippen molar-refractivity contribution in [1.82, 2.24) is 19.9 Å². The Labute approximate surface area is 167 Å². The lowest BCUT2D eigenvalue weighted by atomic mass is 9.89. The molecule has 0 spiro atoms. The average Bonchev–Trinajstić information content (AvgIpc) is 3.07. The van der Waals surface area contributed by atoms with Crippen LogP contribution in [0.1, 0.15) is 36.2 Å². The molecule has 4 rings (SSSR count). The number of hydrogen-bond donors (Lipinski definition) is 2. The van der Waals surface area contributed by atoms with Crippen molar-refractivity contribution in [1.29, 1.82) is 0 Å². The minimum absolute atomic E-state index is 0.186. The Morgan fingerprint density at radius 1 is 1.24 bits per heavy atom. The molecular formula is C21H24N4O4. The molecule has 1 aromatic carbocycles. The first-order valence-electron chi connectivity index (χ1n) is 9.77. The fourth-order valence-electron chi connectivity index (χ4n) is 4.02. The first-order chi connectivity index (χ1) is 13.9. The normalized spacial score (nSPS) is 16.2. The molecule has 0 bridgehead atoms. The molecule has 8 nitrogen and oxygen atoms in total. The zero-order valence-corrected chi connectivity index (χ0v) is 16.6. The molecule has 0 radical (unpaired) electrons. The number of amides is 1. The van der Waals surface area contributed by atoms with Crippen molar-refractivity contribution < 1.29 is 19.4 Å². The minimum Gasteiger partial charge on any atom is -0.480 e. The van der Waals surface area contributed by atoms with Gasteiger partial charge in [-0.1, -0.05) is 12.1 Å². The second-order valence-corrected chi connectivity index (χ2v) is 7.56. The number of benzene rings is 1. The van der Waals surface area contributed by atoms with E-state index in [1.807, 2.05) is 42.6 Å². The maximum Gasteiger partial charge on any atom is 0.329 e. The Kier molecular flexibility index (Phi) is 4.96. The highest BCUT2D eigenvalue weighted by Gasteiger charge is 2.41. The standard InChI is InChI=1S/C21H24N4O4/c1-13-15(7-8-18(26)23-21(20(27)28)9-11-29-12-10-21)14(2)25-19(22-13)16-5-3-4-6-17(16)24-25/h3-6H,7-12H2,1-2H3,(H,23,26)(H,27,28). The number of rotatable bonds is 5. The highest BCUT2D eigenvalue weighted by Crippen LogP contribution is 2.24. The van der Waals surface area contributed by atoms with Crippen LogP contribution in [0.25, 0.3) is 16.6 Å². The maximum absolute atomic E-state index is 12.6. The molecule has 3 heterocycles. The fraction of sp³-hybridized carbons (Fsp3) is 0.429. The van der Waals surface area contributed by atoms with Gasteiger partial charge in [0, 0.05) is 49.3 Å². The lowest BCUT2D eigenvalue weighted by molar-refractivity contribution is -0.152. The minimum atomic E-state index is -1.23. The largest absolute Gasteiger partial charge is 0.480 e. The molecule has 3 aromatic rings. The molecule has 0 aliphatic carbocycles. The van der Waals surface area contributed by atoms with Crippen molar-refractivity contribution in [3.8, 4) is 0 Å². The van der Waals surface area contributed by atoms with Crippen molar-refractivity contribution in [3.63, 3.8) is 0 Å². The van der Waals surface area contributed by atoms with Crippen molar-refractivity contribution in [2.24, 2.45) is 0 Å². The summed E-state index contributed by atoms with van der Waals surface area (Å²) in [7, 11) is 0. The predicted molar refractivity (Wildman–Crippen MR) is 107 cm³/mol. The van der Waals surface area contributed by atoms with Crippen molar-refractivity contribution in [2.45, 2.75) is 45.1 Å². The number of aliphatic carboxylic acids is 1. The van der Waals surface area contributed by atoms with E-state index in [0.717, 1.165) is 33.5 Å². The first kappa shape index (κ1) is 19.3. The SMILES string of the molecule is Cc1nc2c3ccccc3nn2c(C)c1CCC(=O)NC1(C(=O)O)CCOCC1. The van der Waals surface area contributed by atoms with Crippen LogP contribution in [-0.2, 0) is 20.7 Å². The molecule has 1 fully saturated rings. The van der Waals surface area contributed by atoms with E-state index in [0.29, 0.717) is 19.6 Å². The van der Waals surface area contributed by atoms with Gasteiger partial charge in [0.15, 0.2) is 5.65 Å². The number of carbonyl (C=O) groups is 2. The number of carbonyl (C=O) groups excluding carboxylic acids is 1. The lowest BCUT2D eigenvalue weighted by Gasteiger charge is -2.33. The third-order valence-electron chi connectivity index (χ3n) is 5.75. The van der Waals surface area contributed by atoms with Gasteiger partial charge >= 0.3 is 5.97 Å². The third-order valence-corrected chi connectivity index (χ3v) is 5.75. The zero-order chi connectivity index (χ0) is 20.6. The fourth-order valence-corrected chi connectivity index (χ4v) is 4.02. The van der Waals surface area contributed by atoms with E-state index in [1.165, 1.54) is 0 Å². The summed E-state index contributed by atoms with van der Waals surface area (Å²) in [5, 5.41) is 18.0. The molecule has 2 N–H and O–H groups in total. The number of carboxylic acids is 1. The van der Waals surface area contributed by atoms with Crippen LogP contribution in [0, 0.1) is 13.8 Å². The number of nitrogens with zero attached hydrogens (tertiary/aromatic N) is 3. The van der Waals surface area contributed by atoms with Gasteiger partial charge in [0.1, 0.15) is 5.54 Å². The molecular weight excluding hydrogens is 372 g/mol. The molecule has 1 aliphatic heterocycles. The molecule has 8 heteroatoms. The highest BCUT2D eigenvalue weighted by molar-refractivity contribution is 5.92. The van der Waals surface area contributed by atoms with Gasteiger partial charge in [-0.3, -0.25) is 4.79 Å². The van der Waals surface area contributed by atoms with E-state index in [-0.39, 0.29) is 25.2 Å². The van der Waals surface area contributed by atoms with E-state index < -0.39 is 11.5 Å². The van der Waals surface area contributed by atoms with E-state index >= 15 is 0 Å². The number of hydrogen-bond acceptors (Lipinski definition) is 5. The second-order valence-electron chi connectivity index (χ2n) is 7.56. The third kappa shape index (κ3) is 3.44. The number of aryl methyl sites for hydroxylation is 2. The molecule has 0 unspecified atom stereocenters. The van der Waals surface area contributed by atoms with Gasteiger partial charge in [-0.2, -0.15) is 5.10 Å². The number of carboxylic acid groups (broad SMARTS) is 1. The van der Waals surface area contributed by atoms with Crippen molar-refractivity contribution in [3.05, 3.63) is 41.2 Å². The number of nitrogens with one attached hydrogen (secondary N) is 1. The van der Waals surface area contributed by atoms with Gasteiger partial charge in [-0.15, -0.1) is 0 Å². The Balaban J connectivity index is 1.55. The molecule has 29 heavy (non-hydrogen) atoms. The van der Waals surface area contributed by atoms with Gasteiger partial charge in [0.2, 0.25) is 5.91 Å². The van der Waals surface area contributed by atoms with Gasteiger partial charge in [-0.25, -0.2) is 14.3 Å². The van der Waals surface area contributed by atoms with Crippen molar-refractivity contribution in [2.75, 3.05) is 13.2 Å². The number of aromatic nitrogens is 3. The van der Waals surface area contributed by atoms with Crippen LogP contribution in [0.3, 0.4) is 0 Å². The number of ether oxygens (including phenoxy) is 1. The summed E-state index contributed by atoms with van der Waals surface area (Å²) in [6, 6.07) is 7.85. The summed E-state index contributed by atoms with van der Waals surface area (Å²) in [5.74, 6) is -1.29. The maximum atomic E-state index is 12.6. The molecule has 1 amide bonds. The summed E-state index contributed by atoms with van der Waals surface area (Å²) in [4.78, 5) is 29.0. The van der Waals surface area contributed by atoms with Crippen LogP contribution in [-0.4, -0.2) is 50.3 Å². The Bertz CT molecular complexity index is 1100. The molecule has 0 saturated carbocycles. The van der Waals surface area contributed by atoms with Crippen molar-refractivity contribution >= 4 is 28.4 Å². The molecule has 1 saturated heterocycles. The van der Waals surface area contributed by atoms with Crippen LogP contribution in [0.15, 0.2) is 24.3 Å². The van der Waals surface area contributed by atoms with Crippen LogP contribution in [0.2, 0.25) is 0 Å². The second kappa shape index (κ2) is 7.44. The summed E-state index contributed by atoms with van der Waals surface area (Å²) < 4.78 is 7.07. The summed E-state index contributed by atoms with van der Waals surface area (Å²) in [6.07, 6.45) is 1.21. The van der Waals surface area contributed by atoms with Gasteiger partial charge < -0.3 is 15.2 Å². The monoisotopic (exact) mass is 396 g/mol. The van der Waals surface area contributed by atoms with E-state index in [9.17, 15) is 14.7 Å². The predicted octanol–water partition coefficient (Wildman–Crippen LogP) is 2.18. The summed E-state index contributed by atoms with van der Waals surface area (Å²) in [6.45, 7) is 4.56. The van der Waals surface area contributed by atoms with E-state index in [1.54, 1.807) is 0 Å². The topological polar surface area (TPSA) is 106 Å². The molecule has 1 aliphatic rings. The molecule has 152 valence electrons. The Hall–Kier alpha value is -3.00. The van der Waals surface area contributed by atoms with E-state index in [2.05, 4.69) is 10.4 Å². The van der Waals surface area contributed by atoms with Gasteiger partial charge in [0.25, 0.3) is 0 Å². The first-order valence-corrected chi connectivity index (χ1v) is 9.77. The van der Waals surface area contributed by atoms with Crippen LogP contribution in [0.5, 0.6) is 0 Å². The van der Waals surface area contributed by atoms with Crippen LogP contribution >= 0.6 is 0 Å². The van der Waals surface area contributed by atoms with Gasteiger partial charge in [0.05, 0.1) is 5.52 Å². The van der Waals surface area contributed by atoms with Crippen LogP contribution < -0.4 is 5.32 Å². The van der Waals surface area contributed by atoms with Crippen LogP contribution in [0.4, 0.5) is 0 Å². The Morgan fingerprint density at radius 2 is 1.97 bits per heavy atom.